The molecule has 3 atom stereocenters. The zero-order valence-corrected chi connectivity index (χ0v) is 26.7. The quantitative estimate of drug-likeness (QED) is 0.334. The zero-order valence-electron chi connectivity index (χ0n) is 25.2. The Morgan fingerprint density at radius 3 is 2.37 bits per heavy atom. The maximum atomic E-state index is 16.8. The third-order valence-corrected chi connectivity index (χ3v) is 8.44. The summed E-state index contributed by atoms with van der Waals surface area (Å²) < 4.78 is 35.1. The van der Waals surface area contributed by atoms with Crippen LogP contribution < -0.4 is 0 Å². The number of hydrogen-bond acceptors (Lipinski definition) is 6. The Bertz CT molecular complexity index is 1520. The van der Waals surface area contributed by atoms with Gasteiger partial charge in [-0.1, -0.05) is 35.3 Å². The van der Waals surface area contributed by atoms with Crippen LogP contribution in [0.2, 0.25) is 10.0 Å². The molecule has 0 saturated carbocycles. The Morgan fingerprint density at radius 1 is 1.12 bits per heavy atom. The van der Waals surface area contributed by atoms with E-state index in [0.29, 0.717) is 34.3 Å². The summed E-state index contributed by atoms with van der Waals surface area (Å²) in [5, 5.41) is 10.7. The van der Waals surface area contributed by atoms with E-state index in [1.54, 1.807) is 36.4 Å². The van der Waals surface area contributed by atoms with Gasteiger partial charge in [0.2, 0.25) is 0 Å². The smallest absolute Gasteiger partial charge is 0.256 e. The predicted molar refractivity (Wildman–Crippen MR) is 177 cm³/mol. The number of amides is 1. The van der Waals surface area contributed by atoms with Crippen LogP contribution in [0.5, 0.6) is 0 Å². The van der Waals surface area contributed by atoms with Crippen molar-refractivity contribution in [3.05, 3.63) is 98.5 Å². The topological polar surface area (TPSA) is 81.1 Å². The normalized spacial score (nSPS) is 22.0. The second-order valence-electron chi connectivity index (χ2n) is 12.9. The molecule has 7 nitrogen and oxygen atoms in total. The Kier molecular flexibility index (Phi) is 8.66. The first-order chi connectivity index (χ1) is 20.1. The zero-order chi connectivity index (χ0) is 31.4. The minimum atomic E-state index is -1.73. The van der Waals surface area contributed by atoms with Crippen LogP contribution >= 0.6 is 23.2 Å². The molecule has 1 saturated heterocycles. The molecule has 2 aromatic carbocycles. The first-order valence-electron chi connectivity index (χ1n) is 14.3. The van der Waals surface area contributed by atoms with E-state index in [2.05, 4.69) is 4.98 Å². The first kappa shape index (κ1) is 32.1. The molecule has 0 radical (unpaired) electrons. The van der Waals surface area contributed by atoms with Crippen LogP contribution in [0.15, 0.2) is 54.7 Å². The van der Waals surface area contributed by atoms with Gasteiger partial charge in [-0.25, -0.2) is 4.39 Å². The minimum Gasteiger partial charge on any atom is -0.397 e. The Labute approximate surface area is 265 Å². The number of nitrogens with zero attached hydrogens (tertiary/aromatic N) is 2. The van der Waals surface area contributed by atoms with Crippen molar-refractivity contribution in [2.45, 2.75) is 41.4 Å². The highest BCUT2D eigenvalue weighted by Gasteiger charge is 2.60. The number of benzene rings is 2. The van der Waals surface area contributed by atoms with Gasteiger partial charge in [0.05, 0.1) is 35.5 Å². The summed E-state index contributed by atoms with van der Waals surface area (Å²) >= 11 is 12.4. The van der Waals surface area contributed by atoms with Crippen LogP contribution in [0.3, 0.4) is 0 Å². The van der Waals surface area contributed by atoms with Crippen LogP contribution in [-0.4, -0.2) is 91.4 Å². The van der Waals surface area contributed by atoms with Crippen LogP contribution in [-0.2, 0) is 30.9 Å². The van der Waals surface area contributed by atoms with Crippen LogP contribution in [0.4, 0.5) is 4.39 Å². The Hall–Kier alpha value is -2.27. The molecule has 1 unspecified atom stereocenters. The molecule has 0 bridgehead atoms. The van der Waals surface area contributed by atoms with Gasteiger partial charge >= 0.3 is 0 Å². The lowest BCUT2D eigenvalue weighted by Gasteiger charge is -2.49. The average molecular weight is 621 g/mol. The van der Waals surface area contributed by atoms with Gasteiger partial charge in [-0.15, -0.1) is 0 Å². The van der Waals surface area contributed by atoms with E-state index in [4.69, 9.17) is 37.4 Å². The molecule has 1 aromatic heterocycles. The largest absolute Gasteiger partial charge is 0.397 e. The van der Waals surface area contributed by atoms with Crippen molar-refractivity contribution < 1.29 is 28.5 Å². The van der Waals surface area contributed by atoms with Gasteiger partial charge in [-0.2, -0.15) is 0 Å². The van der Waals surface area contributed by atoms with Gasteiger partial charge in [-0.05, 0) is 60.6 Å². The molecule has 2 aliphatic rings. The lowest BCUT2D eigenvalue weighted by Crippen LogP contribution is -2.60. The summed E-state index contributed by atoms with van der Waals surface area (Å²) in [4.78, 5) is 20.8. The fraction of sp³-hybridized carbons (Fsp3) is 0.357. The number of pyridine rings is 1. The lowest BCUT2D eigenvalue weighted by atomic mass is 9.52. The summed E-state index contributed by atoms with van der Waals surface area (Å²) in [7, 11) is 9.26. The van der Waals surface area contributed by atoms with Crippen molar-refractivity contribution in [2.24, 2.45) is 0 Å². The van der Waals surface area contributed by atoms with Gasteiger partial charge < -0.3 is 24.2 Å². The monoisotopic (exact) mass is 620 g/mol. The van der Waals surface area contributed by atoms with E-state index < -0.39 is 39.8 Å². The van der Waals surface area contributed by atoms with Gasteiger partial charge in [0.15, 0.2) is 5.72 Å². The van der Waals surface area contributed by atoms with E-state index in [1.165, 1.54) is 30.2 Å². The van der Waals surface area contributed by atoms with Crippen molar-refractivity contribution in [3.63, 3.8) is 0 Å². The SMILES string of the molecule is BC(B)(B)OCC(C)(O)c1cc(F)c2c(c1)C(=O)N(C(B)(B)c1ccc(Cl)cn1)[C@@]2(O[C@H]1CCOC1)c1ccc(Cl)cc1. The number of aliphatic hydroxyl groups is 1. The number of aromatic nitrogens is 1. The van der Waals surface area contributed by atoms with Crippen LogP contribution in [0.25, 0.3) is 0 Å². The molecule has 3 aromatic rings. The number of carbonyl (C=O) groups excluding carboxylic acids is 1. The predicted octanol–water partition coefficient (Wildman–Crippen LogP) is -0.199. The molecule has 3 heterocycles. The second-order valence-corrected chi connectivity index (χ2v) is 13.7. The van der Waals surface area contributed by atoms with Crippen LogP contribution in [0.1, 0.15) is 46.1 Å². The van der Waals surface area contributed by atoms with Crippen LogP contribution in [0, 0.1) is 5.82 Å². The fourth-order valence-corrected chi connectivity index (χ4v) is 5.96. The van der Waals surface area contributed by atoms with Crippen molar-refractivity contribution >= 4 is 68.3 Å². The molecule has 0 spiro atoms. The summed E-state index contributed by atoms with van der Waals surface area (Å²) in [5.41, 5.74) is -1.96. The van der Waals surface area contributed by atoms with Crippen molar-refractivity contribution in [1.29, 1.82) is 0 Å². The molecule has 1 amide bonds. The van der Waals surface area contributed by atoms with Gasteiger partial charge in [-0.3, -0.25) is 9.78 Å². The van der Waals surface area contributed by atoms with E-state index in [9.17, 15) is 9.90 Å². The fourth-order valence-electron chi connectivity index (χ4n) is 5.72. The molecule has 1 N–H and O–H groups in total. The van der Waals surface area contributed by atoms with Gasteiger partial charge in [0.1, 0.15) is 50.6 Å². The highest BCUT2D eigenvalue weighted by molar-refractivity contribution is 6.58. The molecule has 43 heavy (non-hydrogen) atoms. The molecule has 220 valence electrons. The standard InChI is InChI=1S/C28H32B5Cl2FN2O5/c1-25(40,14-42-28(31,32)33)16-10-20-23(21(36)11-16)26(43-19-8-9-41-13-19,15-2-4-17(34)5-3-15)38(24(20)39)27(29,30)22-7-6-18(35)12-37-22/h2-7,10-12,19,40H,8-9,13-14,29-33H2,1H3/t19-,25?,26+/m0/s1. The summed E-state index contributed by atoms with van der Waals surface area (Å²) in [6.07, 6.45) is 1.63. The average Bonchev–Trinajstić information content (AvgIpc) is 3.53. The molecular formula is C28H32B5Cl2FN2O5. The van der Waals surface area contributed by atoms with E-state index in [0.717, 1.165) is 0 Å². The number of halogens is 3. The van der Waals surface area contributed by atoms with Crippen molar-refractivity contribution in [2.75, 3.05) is 19.8 Å². The number of fused-ring (bicyclic) bond motifs is 1. The maximum absolute atomic E-state index is 16.8. The maximum Gasteiger partial charge on any atom is 0.256 e. The van der Waals surface area contributed by atoms with Crippen molar-refractivity contribution in [3.8, 4) is 0 Å². The van der Waals surface area contributed by atoms with Gasteiger partial charge in [0.25, 0.3) is 5.91 Å². The van der Waals surface area contributed by atoms with E-state index >= 15 is 4.39 Å². The third-order valence-electron chi connectivity index (χ3n) is 7.96. The number of hydrogen-bond donors (Lipinski definition) is 1. The Morgan fingerprint density at radius 2 is 1.79 bits per heavy atom. The second kappa shape index (κ2) is 11.6. The molecule has 0 aliphatic carbocycles. The summed E-state index contributed by atoms with van der Waals surface area (Å²) in [5.74, 6) is -1.19. The molecular weight excluding hydrogens is 588 g/mol. The number of ether oxygens (including phenoxy) is 3. The molecule has 5 rings (SSSR count). The highest BCUT2D eigenvalue weighted by Crippen LogP contribution is 2.52. The first-order valence-corrected chi connectivity index (χ1v) is 15.0. The molecule has 2 aliphatic heterocycles. The number of carbonyl (C=O) groups is 1. The van der Waals surface area contributed by atoms with E-state index in [1.807, 2.05) is 39.2 Å². The van der Waals surface area contributed by atoms with E-state index in [-0.39, 0.29) is 29.9 Å². The number of rotatable bonds is 9. The Balaban J connectivity index is 1.77. The lowest BCUT2D eigenvalue weighted by molar-refractivity contribution is -0.155. The highest BCUT2D eigenvalue weighted by atomic mass is 35.5. The molecule has 1 fully saturated rings. The summed E-state index contributed by atoms with van der Waals surface area (Å²) in [6.45, 7) is 2.19. The summed E-state index contributed by atoms with van der Waals surface area (Å²) in [6, 6.07) is 13.1. The third kappa shape index (κ3) is 6.05. The van der Waals surface area contributed by atoms with Gasteiger partial charge in [0, 0.05) is 34.4 Å². The minimum absolute atomic E-state index is 0.0463. The van der Waals surface area contributed by atoms with Crippen molar-refractivity contribution in [1.82, 2.24) is 9.88 Å². The molecule has 15 heteroatoms.